The topological polar surface area (TPSA) is 90.5 Å². The minimum Gasteiger partial charge on any atom is -0.372 e. The van der Waals surface area contributed by atoms with Crippen LogP contribution >= 0.6 is 0 Å². The number of hydrogen-bond donors (Lipinski definition) is 2. The lowest BCUT2D eigenvalue weighted by molar-refractivity contribution is -0.134. The molecule has 0 saturated heterocycles. The maximum Gasteiger partial charge on any atom is 0.246 e. The Labute approximate surface area is 218 Å². The van der Waals surface area contributed by atoms with Gasteiger partial charge >= 0.3 is 0 Å². The van der Waals surface area contributed by atoms with E-state index in [1.165, 1.54) is 23.1 Å². The van der Waals surface area contributed by atoms with Crippen molar-refractivity contribution in [3.63, 3.8) is 0 Å². The zero-order valence-electron chi connectivity index (χ0n) is 22.1. The van der Waals surface area contributed by atoms with Crippen molar-refractivity contribution in [2.24, 2.45) is 11.8 Å². The maximum absolute atomic E-state index is 13.1. The van der Waals surface area contributed by atoms with Gasteiger partial charge in [0.2, 0.25) is 11.9 Å². The normalized spacial score (nSPS) is 17.5. The van der Waals surface area contributed by atoms with Crippen LogP contribution < -0.4 is 10.6 Å². The van der Waals surface area contributed by atoms with Gasteiger partial charge in [0.15, 0.2) is 5.78 Å². The summed E-state index contributed by atoms with van der Waals surface area (Å²) in [5, 5.41) is 6.08. The van der Waals surface area contributed by atoms with E-state index < -0.39 is 6.04 Å². The smallest absolute Gasteiger partial charge is 0.246 e. The minimum atomic E-state index is -0.459. The molecular formula is C28H35FN6O2. The molecule has 1 fully saturated rings. The fraction of sp³-hybridized carbons (Fsp3) is 0.429. The molecule has 2 N–H and O–H groups in total. The quantitative estimate of drug-likeness (QED) is 0.375. The molecule has 1 saturated carbocycles. The molecule has 0 bridgehead atoms. The van der Waals surface area contributed by atoms with E-state index in [1.54, 1.807) is 45.4 Å². The average molecular weight is 507 g/mol. The maximum atomic E-state index is 13.1. The molecule has 1 aromatic heterocycles. The molecule has 0 spiro atoms. The summed E-state index contributed by atoms with van der Waals surface area (Å²) in [5.74, 6) is 7.50. The molecule has 1 atom stereocenters. The lowest BCUT2D eigenvalue weighted by Crippen LogP contribution is -2.41. The predicted molar refractivity (Wildman–Crippen MR) is 144 cm³/mol. The minimum absolute atomic E-state index is 0.0726. The summed E-state index contributed by atoms with van der Waals surface area (Å²) in [5.41, 5.74) is 1.37. The van der Waals surface area contributed by atoms with Crippen LogP contribution in [-0.2, 0) is 9.59 Å². The Balaban J connectivity index is 1.49. The van der Waals surface area contributed by atoms with Crippen molar-refractivity contribution in [2.45, 2.75) is 32.2 Å². The van der Waals surface area contributed by atoms with Crippen molar-refractivity contribution in [2.75, 3.05) is 45.4 Å². The summed E-state index contributed by atoms with van der Waals surface area (Å²) in [6.45, 7) is 2.45. The highest BCUT2D eigenvalue weighted by molar-refractivity contribution is 5.93. The van der Waals surface area contributed by atoms with Crippen LogP contribution in [0.5, 0.6) is 0 Å². The number of halogens is 1. The van der Waals surface area contributed by atoms with Crippen molar-refractivity contribution in [3.05, 3.63) is 54.0 Å². The monoisotopic (exact) mass is 506 g/mol. The third-order valence-electron chi connectivity index (χ3n) is 6.39. The first-order valence-electron chi connectivity index (χ1n) is 12.4. The van der Waals surface area contributed by atoms with Crippen molar-refractivity contribution >= 4 is 29.1 Å². The van der Waals surface area contributed by atoms with E-state index in [4.69, 9.17) is 0 Å². The number of benzene rings is 1. The molecular weight excluding hydrogens is 471 g/mol. The number of nitrogens with one attached hydrogen (secondary N) is 2. The van der Waals surface area contributed by atoms with E-state index in [2.05, 4.69) is 32.4 Å². The van der Waals surface area contributed by atoms with Gasteiger partial charge in [-0.2, -0.15) is 4.98 Å². The first-order valence-corrected chi connectivity index (χ1v) is 12.4. The molecule has 196 valence electrons. The van der Waals surface area contributed by atoms with Gasteiger partial charge in [-0.25, -0.2) is 9.37 Å². The number of anilines is 3. The fourth-order valence-electron chi connectivity index (χ4n) is 3.93. The van der Waals surface area contributed by atoms with Crippen LogP contribution in [0, 0.1) is 29.5 Å². The molecule has 0 aliphatic heterocycles. The van der Waals surface area contributed by atoms with Gasteiger partial charge in [0.05, 0.1) is 17.8 Å². The SMILES string of the molecule is CNc1nc(Nc2ccc(F)cc2)ncc1C#CC1CC(CC(=O)[C@H](C)N(C)C(=O)/C=C/CN(C)C)C1. The van der Waals surface area contributed by atoms with E-state index in [1.807, 2.05) is 19.0 Å². The summed E-state index contributed by atoms with van der Waals surface area (Å²) in [4.78, 5) is 37.2. The molecule has 3 rings (SSSR count). The number of carbonyl (C=O) groups is 2. The lowest BCUT2D eigenvalue weighted by atomic mass is 9.72. The molecule has 1 aliphatic rings. The highest BCUT2D eigenvalue weighted by atomic mass is 19.1. The Hall–Kier alpha value is -3.77. The van der Waals surface area contributed by atoms with Crippen LogP contribution in [0.1, 0.15) is 31.7 Å². The molecule has 1 amide bonds. The summed E-state index contributed by atoms with van der Waals surface area (Å²) in [7, 11) is 7.29. The third-order valence-corrected chi connectivity index (χ3v) is 6.39. The second-order valence-corrected chi connectivity index (χ2v) is 9.60. The van der Waals surface area contributed by atoms with Crippen LogP contribution in [0.3, 0.4) is 0 Å². The van der Waals surface area contributed by atoms with Crippen LogP contribution in [0.4, 0.5) is 21.8 Å². The van der Waals surface area contributed by atoms with E-state index in [0.717, 1.165) is 12.8 Å². The predicted octanol–water partition coefficient (Wildman–Crippen LogP) is 3.70. The second kappa shape index (κ2) is 13.0. The number of hydrogen-bond acceptors (Lipinski definition) is 7. The molecule has 37 heavy (non-hydrogen) atoms. The summed E-state index contributed by atoms with van der Waals surface area (Å²) >= 11 is 0. The summed E-state index contributed by atoms with van der Waals surface area (Å²) in [6.07, 6.45) is 7.13. The van der Waals surface area contributed by atoms with Gasteiger partial charge < -0.3 is 20.4 Å². The fourth-order valence-corrected chi connectivity index (χ4v) is 3.93. The highest BCUT2D eigenvalue weighted by Crippen LogP contribution is 2.36. The zero-order valence-corrected chi connectivity index (χ0v) is 22.1. The first kappa shape index (κ1) is 27.8. The molecule has 1 aliphatic carbocycles. The van der Waals surface area contributed by atoms with Crippen LogP contribution in [0.25, 0.3) is 0 Å². The van der Waals surface area contributed by atoms with E-state index >= 15 is 0 Å². The number of carbonyl (C=O) groups excluding carboxylic acids is 2. The number of aromatic nitrogens is 2. The van der Waals surface area contributed by atoms with Gasteiger partial charge in [-0.3, -0.25) is 9.59 Å². The van der Waals surface area contributed by atoms with Gasteiger partial charge in [-0.05, 0) is 64.0 Å². The molecule has 2 aromatic rings. The molecule has 9 heteroatoms. The Morgan fingerprint density at radius 3 is 2.57 bits per heavy atom. The number of ketones is 1. The number of amides is 1. The van der Waals surface area contributed by atoms with Gasteiger partial charge in [0, 0.05) is 44.7 Å². The Kier molecular flexibility index (Phi) is 9.75. The van der Waals surface area contributed by atoms with E-state index in [-0.39, 0.29) is 29.3 Å². The highest BCUT2D eigenvalue weighted by Gasteiger charge is 2.32. The van der Waals surface area contributed by atoms with Crippen molar-refractivity contribution < 1.29 is 14.0 Å². The summed E-state index contributed by atoms with van der Waals surface area (Å²) < 4.78 is 13.1. The molecule has 0 radical (unpaired) electrons. The Morgan fingerprint density at radius 1 is 1.22 bits per heavy atom. The Morgan fingerprint density at radius 2 is 1.92 bits per heavy atom. The zero-order chi connectivity index (χ0) is 26.9. The number of Topliss-reactive ketones (excluding diaryl/α,β-unsaturated/α-hetero) is 1. The first-order chi connectivity index (χ1) is 17.7. The molecule has 1 aromatic carbocycles. The Bertz CT molecular complexity index is 1180. The van der Waals surface area contributed by atoms with Crippen LogP contribution in [0.2, 0.25) is 0 Å². The van der Waals surface area contributed by atoms with Crippen molar-refractivity contribution in [1.82, 2.24) is 19.8 Å². The number of rotatable bonds is 10. The molecule has 0 unspecified atom stereocenters. The molecule has 1 heterocycles. The second-order valence-electron chi connectivity index (χ2n) is 9.60. The number of likely N-dealkylation sites (N-methyl/N-ethyl adjacent to an activating group) is 2. The third kappa shape index (κ3) is 8.12. The van der Waals surface area contributed by atoms with Crippen molar-refractivity contribution in [3.8, 4) is 11.8 Å². The van der Waals surface area contributed by atoms with Gasteiger partial charge in [-0.15, -0.1) is 0 Å². The van der Waals surface area contributed by atoms with Crippen LogP contribution in [-0.4, -0.2) is 72.2 Å². The summed E-state index contributed by atoms with van der Waals surface area (Å²) in [6, 6.07) is 5.50. The standard InChI is InChI=1S/C28H35FN6O2/c1-19(35(5)26(37)7-6-14-34(3)4)25(36)17-21-15-20(16-21)8-9-22-18-31-28(33-27(22)30-2)32-24-12-10-23(29)11-13-24/h6-7,10-13,18-21H,14-17H2,1-5H3,(H2,30,31,32,33)/b7-6+/t19-,20?,21?/m0/s1. The van der Waals surface area contributed by atoms with Gasteiger partial charge in [0.1, 0.15) is 11.6 Å². The molecule has 8 nitrogen and oxygen atoms in total. The van der Waals surface area contributed by atoms with Gasteiger partial charge in [-0.1, -0.05) is 17.9 Å². The van der Waals surface area contributed by atoms with E-state index in [0.29, 0.717) is 36.0 Å². The number of nitrogens with zero attached hydrogens (tertiary/aromatic N) is 4. The largest absolute Gasteiger partial charge is 0.372 e. The van der Waals surface area contributed by atoms with Gasteiger partial charge in [0.25, 0.3) is 0 Å². The van der Waals surface area contributed by atoms with Crippen LogP contribution in [0.15, 0.2) is 42.6 Å². The van der Waals surface area contributed by atoms with E-state index in [9.17, 15) is 14.0 Å². The average Bonchev–Trinajstić information content (AvgIpc) is 2.85. The van der Waals surface area contributed by atoms with Crippen molar-refractivity contribution in [1.29, 1.82) is 0 Å². The lowest BCUT2D eigenvalue weighted by Gasteiger charge is -2.33.